The molecule has 1 fully saturated rings. The number of benzene rings is 1. The first kappa shape index (κ1) is 17.9. The first-order chi connectivity index (χ1) is 10.9. The Morgan fingerprint density at radius 3 is 2.61 bits per heavy atom. The van der Waals surface area contributed by atoms with Crippen molar-refractivity contribution in [1.82, 2.24) is 9.62 Å². The molecule has 0 saturated carbocycles. The monoisotopic (exact) mass is 342 g/mol. The molecule has 0 aromatic heterocycles. The first-order valence-electron chi connectivity index (χ1n) is 7.94. The summed E-state index contributed by atoms with van der Waals surface area (Å²) in [5.74, 6) is -0.751. The molecule has 7 heteroatoms. The number of carbonyl (C=O) groups excluding carboxylic acids is 1. The van der Waals surface area contributed by atoms with Crippen molar-refractivity contribution >= 4 is 15.9 Å². The number of halogens is 1. The zero-order chi connectivity index (χ0) is 17.0. The van der Waals surface area contributed by atoms with E-state index in [1.165, 1.54) is 16.4 Å². The summed E-state index contributed by atoms with van der Waals surface area (Å²) in [6.07, 6.45) is 2.81. The van der Waals surface area contributed by atoms with Crippen molar-refractivity contribution in [1.29, 1.82) is 0 Å². The molecule has 2 rings (SSSR count). The van der Waals surface area contributed by atoms with E-state index < -0.39 is 21.9 Å². The van der Waals surface area contributed by atoms with E-state index in [2.05, 4.69) is 5.32 Å². The third-order valence-corrected chi connectivity index (χ3v) is 6.10. The average molecular weight is 342 g/mol. The van der Waals surface area contributed by atoms with Crippen molar-refractivity contribution in [2.24, 2.45) is 0 Å². The van der Waals surface area contributed by atoms with Crippen LogP contribution in [0.5, 0.6) is 0 Å². The smallest absolute Gasteiger partial charge is 0.243 e. The predicted octanol–water partition coefficient (Wildman–Crippen LogP) is 2.28. The molecule has 1 aromatic rings. The molecule has 0 bridgehead atoms. The van der Waals surface area contributed by atoms with Crippen LogP contribution >= 0.6 is 0 Å². The van der Waals surface area contributed by atoms with E-state index in [1.54, 1.807) is 0 Å². The third-order valence-electron chi connectivity index (χ3n) is 4.18. The maximum absolute atomic E-state index is 13.0. The van der Waals surface area contributed by atoms with Crippen molar-refractivity contribution in [2.45, 2.75) is 56.5 Å². The molecule has 0 unspecified atom stereocenters. The summed E-state index contributed by atoms with van der Waals surface area (Å²) in [6, 6.07) is 4.01. The Bertz CT molecular complexity index is 646. The molecule has 1 heterocycles. The van der Waals surface area contributed by atoms with E-state index in [0.29, 0.717) is 19.4 Å². The largest absolute Gasteiger partial charge is 0.352 e. The molecule has 1 saturated heterocycles. The number of piperidine rings is 1. The van der Waals surface area contributed by atoms with Gasteiger partial charge in [-0.15, -0.1) is 0 Å². The lowest BCUT2D eigenvalue weighted by molar-refractivity contribution is -0.126. The summed E-state index contributed by atoms with van der Waals surface area (Å²) in [6.45, 7) is 4.15. The van der Waals surface area contributed by atoms with Gasteiger partial charge in [0, 0.05) is 12.6 Å². The number of hydrogen-bond donors (Lipinski definition) is 1. The van der Waals surface area contributed by atoms with E-state index in [9.17, 15) is 17.6 Å². The van der Waals surface area contributed by atoms with Gasteiger partial charge in [-0.1, -0.05) is 13.3 Å². The Kier molecular flexibility index (Phi) is 5.75. The number of hydrogen-bond acceptors (Lipinski definition) is 3. The highest BCUT2D eigenvalue weighted by atomic mass is 32.2. The molecule has 128 valence electrons. The summed E-state index contributed by atoms with van der Waals surface area (Å²) in [7, 11) is -3.81. The van der Waals surface area contributed by atoms with Gasteiger partial charge in [-0.3, -0.25) is 4.79 Å². The SMILES string of the molecule is CC[C@H](C)NC(=O)[C@@H]1CCCCN1S(=O)(=O)c1ccc(F)cc1. The van der Waals surface area contributed by atoms with Crippen LogP contribution in [0.15, 0.2) is 29.2 Å². The quantitative estimate of drug-likeness (QED) is 0.893. The summed E-state index contributed by atoms with van der Waals surface area (Å²) in [5, 5.41) is 2.86. The van der Waals surface area contributed by atoms with Crippen LogP contribution in [0.1, 0.15) is 39.5 Å². The molecule has 0 aliphatic carbocycles. The van der Waals surface area contributed by atoms with Gasteiger partial charge in [0.2, 0.25) is 15.9 Å². The van der Waals surface area contributed by atoms with Crippen LogP contribution in [0.2, 0.25) is 0 Å². The van der Waals surface area contributed by atoms with E-state index in [1.807, 2.05) is 13.8 Å². The van der Waals surface area contributed by atoms with Gasteiger partial charge in [0.25, 0.3) is 0 Å². The molecule has 0 spiro atoms. The second-order valence-electron chi connectivity index (χ2n) is 5.90. The Balaban J connectivity index is 2.26. The van der Waals surface area contributed by atoms with Gasteiger partial charge in [-0.25, -0.2) is 12.8 Å². The van der Waals surface area contributed by atoms with Crippen molar-refractivity contribution in [2.75, 3.05) is 6.54 Å². The number of amides is 1. The van der Waals surface area contributed by atoms with Crippen LogP contribution in [0, 0.1) is 5.82 Å². The fourth-order valence-electron chi connectivity index (χ4n) is 2.64. The Labute approximate surface area is 136 Å². The third kappa shape index (κ3) is 4.09. The maximum atomic E-state index is 13.0. The normalized spacial score (nSPS) is 20.9. The standard InChI is InChI=1S/C16H23FN2O3S/c1-3-12(2)18-16(20)15-6-4-5-11-19(15)23(21,22)14-9-7-13(17)8-10-14/h7-10,12,15H,3-6,11H2,1-2H3,(H,18,20)/t12-,15-/m0/s1. The topological polar surface area (TPSA) is 66.5 Å². The lowest BCUT2D eigenvalue weighted by Crippen LogP contribution is -2.53. The molecule has 1 amide bonds. The van der Waals surface area contributed by atoms with E-state index in [4.69, 9.17) is 0 Å². The van der Waals surface area contributed by atoms with Crippen LogP contribution in [0.25, 0.3) is 0 Å². The highest BCUT2D eigenvalue weighted by Crippen LogP contribution is 2.25. The zero-order valence-electron chi connectivity index (χ0n) is 13.5. The van der Waals surface area contributed by atoms with Crippen molar-refractivity contribution in [3.8, 4) is 0 Å². The Hall–Kier alpha value is -1.47. The zero-order valence-corrected chi connectivity index (χ0v) is 14.3. The molecule has 5 nitrogen and oxygen atoms in total. The second kappa shape index (κ2) is 7.40. The van der Waals surface area contributed by atoms with Gasteiger partial charge >= 0.3 is 0 Å². The molecule has 23 heavy (non-hydrogen) atoms. The maximum Gasteiger partial charge on any atom is 0.243 e. The van der Waals surface area contributed by atoms with Crippen molar-refractivity contribution in [3.05, 3.63) is 30.1 Å². The van der Waals surface area contributed by atoms with Crippen molar-refractivity contribution < 1.29 is 17.6 Å². The van der Waals surface area contributed by atoms with Crippen LogP contribution in [0.4, 0.5) is 4.39 Å². The number of nitrogens with one attached hydrogen (secondary N) is 1. The molecule has 1 N–H and O–H groups in total. The highest BCUT2D eigenvalue weighted by Gasteiger charge is 2.37. The van der Waals surface area contributed by atoms with Gasteiger partial charge in [0.05, 0.1) is 4.90 Å². The van der Waals surface area contributed by atoms with Gasteiger partial charge in [-0.2, -0.15) is 4.31 Å². The molecule has 1 aromatic carbocycles. The summed E-state index contributed by atoms with van der Waals surface area (Å²) < 4.78 is 39.9. The van der Waals surface area contributed by atoms with Gasteiger partial charge in [0.15, 0.2) is 0 Å². The van der Waals surface area contributed by atoms with Gasteiger partial charge < -0.3 is 5.32 Å². The predicted molar refractivity (Wildman–Crippen MR) is 85.8 cm³/mol. The minimum atomic E-state index is -3.81. The van der Waals surface area contributed by atoms with Gasteiger partial charge in [-0.05, 0) is 50.5 Å². The minimum absolute atomic E-state index is 0.000184. The lowest BCUT2D eigenvalue weighted by atomic mass is 10.0. The average Bonchev–Trinajstić information content (AvgIpc) is 2.55. The van der Waals surface area contributed by atoms with E-state index >= 15 is 0 Å². The molecule has 1 aliphatic rings. The number of carbonyl (C=O) groups is 1. The lowest BCUT2D eigenvalue weighted by Gasteiger charge is -2.34. The Morgan fingerprint density at radius 2 is 2.00 bits per heavy atom. The van der Waals surface area contributed by atoms with Crippen molar-refractivity contribution in [3.63, 3.8) is 0 Å². The van der Waals surface area contributed by atoms with Gasteiger partial charge in [0.1, 0.15) is 11.9 Å². The van der Waals surface area contributed by atoms with Crippen LogP contribution in [-0.2, 0) is 14.8 Å². The number of rotatable bonds is 5. The molecule has 0 radical (unpaired) electrons. The summed E-state index contributed by atoms with van der Waals surface area (Å²) >= 11 is 0. The summed E-state index contributed by atoms with van der Waals surface area (Å²) in [4.78, 5) is 12.4. The molecule has 1 aliphatic heterocycles. The highest BCUT2D eigenvalue weighted by molar-refractivity contribution is 7.89. The number of sulfonamides is 1. The minimum Gasteiger partial charge on any atom is -0.352 e. The van der Waals surface area contributed by atoms with Crippen LogP contribution < -0.4 is 5.32 Å². The molecule has 2 atom stereocenters. The van der Waals surface area contributed by atoms with E-state index in [-0.39, 0.29) is 16.8 Å². The Morgan fingerprint density at radius 1 is 1.35 bits per heavy atom. The van der Waals surface area contributed by atoms with E-state index in [0.717, 1.165) is 25.0 Å². The summed E-state index contributed by atoms with van der Waals surface area (Å²) in [5.41, 5.74) is 0. The first-order valence-corrected chi connectivity index (χ1v) is 9.38. The number of nitrogens with zero attached hydrogens (tertiary/aromatic N) is 1. The van der Waals surface area contributed by atoms with Crippen LogP contribution in [-0.4, -0.2) is 37.3 Å². The fraction of sp³-hybridized carbons (Fsp3) is 0.562. The molecular weight excluding hydrogens is 319 g/mol. The fourth-order valence-corrected chi connectivity index (χ4v) is 4.29. The molecular formula is C16H23FN2O3S. The second-order valence-corrected chi connectivity index (χ2v) is 7.79. The van der Waals surface area contributed by atoms with Crippen LogP contribution in [0.3, 0.4) is 0 Å².